The van der Waals surface area contributed by atoms with Crippen molar-refractivity contribution in [3.63, 3.8) is 0 Å². The molecule has 0 rings (SSSR count). The molecule has 0 aromatic rings. The molecule has 0 saturated carbocycles. The van der Waals surface area contributed by atoms with Crippen molar-refractivity contribution in [2.45, 2.75) is 27.7 Å². The van der Waals surface area contributed by atoms with Crippen LogP contribution < -0.4 is 0 Å². The second kappa shape index (κ2) is 3.96. The summed E-state index contributed by atoms with van der Waals surface area (Å²) in [5.74, 6) is -0.855. The molecule has 0 aliphatic rings. The van der Waals surface area contributed by atoms with Crippen LogP contribution in [0.15, 0.2) is 22.8 Å². The molecule has 11 heavy (non-hydrogen) atoms. The van der Waals surface area contributed by atoms with Gasteiger partial charge in [0.1, 0.15) is 0 Å². The van der Waals surface area contributed by atoms with Crippen LogP contribution in [-0.4, -0.2) is 11.1 Å². The Balaban J connectivity index is 4.81. The Morgan fingerprint density at radius 3 is 1.73 bits per heavy atom. The number of carboxylic acid groups (broad SMARTS) is 1. The monoisotopic (exact) mass is 154 g/mol. The van der Waals surface area contributed by atoms with E-state index in [1.54, 1.807) is 19.9 Å². The first kappa shape index (κ1) is 9.95. The molecule has 0 aliphatic heterocycles. The van der Waals surface area contributed by atoms with Crippen LogP contribution in [0.1, 0.15) is 27.7 Å². The van der Waals surface area contributed by atoms with Crippen LogP contribution >= 0.6 is 0 Å². The lowest BCUT2D eigenvalue weighted by atomic mass is 10.1. The molecule has 0 aromatic heterocycles. The SMILES string of the molecule is CC(C)=CC(C(=O)O)=C(C)C. The van der Waals surface area contributed by atoms with E-state index in [1.165, 1.54) is 0 Å². The van der Waals surface area contributed by atoms with Gasteiger partial charge >= 0.3 is 5.97 Å². The number of hydrogen-bond donors (Lipinski definition) is 1. The molecular formula is C9H14O2. The third kappa shape index (κ3) is 3.61. The average Bonchev–Trinajstić information content (AvgIpc) is 1.81. The first-order valence-electron chi connectivity index (χ1n) is 3.51. The van der Waals surface area contributed by atoms with Crippen molar-refractivity contribution in [2.75, 3.05) is 0 Å². The first-order chi connectivity index (χ1) is 4.95. The van der Waals surface area contributed by atoms with E-state index in [4.69, 9.17) is 5.11 Å². The van der Waals surface area contributed by atoms with Gasteiger partial charge in [-0.3, -0.25) is 0 Å². The maximum Gasteiger partial charge on any atom is 0.335 e. The fourth-order valence-electron chi connectivity index (χ4n) is 0.709. The van der Waals surface area contributed by atoms with Gasteiger partial charge in [-0.15, -0.1) is 0 Å². The van der Waals surface area contributed by atoms with Crippen LogP contribution in [0.25, 0.3) is 0 Å². The average molecular weight is 154 g/mol. The smallest absolute Gasteiger partial charge is 0.335 e. The fraction of sp³-hybridized carbons (Fsp3) is 0.444. The Morgan fingerprint density at radius 2 is 1.64 bits per heavy atom. The van der Waals surface area contributed by atoms with Crippen molar-refractivity contribution >= 4 is 5.97 Å². The Kier molecular flexibility index (Phi) is 3.58. The van der Waals surface area contributed by atoms with Crippen LogP contribution in [0.2, 0.25) is 0 Å². The molecular weight excluding hydrogens is 140 g/mol. The highest BCUT2D eigenvalue weighted by Gasteiger charge is 2.04. The number of aliphatic carboxylic acids is 1. The molecule has 0 amide bonds. The summed E-state index contributed by atoms with van der Waals surface area (Å²) in [6, 6.07) is 0. The maximum absolute atomic E-state index is 10.6. The summed E-state index contributed by atoms with van der Waals surface area (Å²) in [6.07, 6.45) is 1.68. The van der Waals surface area contributed by atoms with Crippen LogP contribution in [0.4, 0.5) is 0 Å². The van der Waals surface area contributed by atoms with Crippen molar-refractivity contribution < 1.29 is 9.90 Å². The second-order valence-electron chi connectivity index (χ2n) is 2.94. The van der Waals surface area contributed by atoms with Crippen molar-refractivity contribution in [3.05, 3.63) is 22.8 Å². The summed E-state index contributed by atoms with van der Waals surface area (Å²) in [5, 5.41) is 8.69. The molecule has 0 aromatic carbocycles. The highest BCUT2D eigenvalue weighted by molar-refractivity contribution is 5.90. The Labute approximate surface area is 67.2 Å². The second-order valence-corrected chi connectivity index (χ2v) is 2.94. The van der Waals surface area contributed by atoms with Crippen LogP contribution in [-0.2, 0) is 4.79 Å². The van der Waals surface area contributed by atoms with E-state index in [9.17, 15) is 4.79 Å². The zero-order valence-electron chi connectivity index (χ0n) is 7.43. The molecule has 0 bridgehead atoms. The van der Waals surface area contributed by atoms with Crippen molar-refractivity contribution in [1.29, 1.82) is 0 Å². The van der Waals surface area contributed by atoms with E-state index in [1.807, 2.05) is 13.8 Å². The molecule has 0 saturated heterocycles. The van der Waals surface area contributed by atoms with E-state index >= 15 is 0 Å². The summed E-state index contributed by atoms with van der Waals surface area (Å²) in [5.41, 5.74) is 2.23. The zero-order chi connectivity index (χ0) is 9.02. The molecule has 2 nitrogen and oxygen atoms in total. The summed E-state index contributed by atoms with van der Waals surface area (Å²) in [6.45, 7) is 7.35. The van der Waals surface area contributed by atoms with Gasteiger partial charge in [-0.1, -0.05) is 11.1 Å². The molecule has 0 heterocycles. The summed E-state index contributed by atoms with van der Waals surface area (Å²) < 4.78 is 0. The molecule has 0 fully saturated rings. The third-order valence-corrected chi connectivity index (χ3v) is 1.20. The highest BCUT2D eigenvalue weighted by Crippen LogP contribution is 2.07. The topological polar surface area (TPSA) is 37.3 Å². The van der Waals surface area contributed by atoms with Crippen LogP contribution in [0.3, 0.4) is 0 Å². The van der Waals surface area contributed by atoms with E-state index in [2.05, 4.69) is 0 Å². The Bertz CT molecular complexity index is 214. The molecule has 62 valence electrons. The van der Waals surface area contributed by atoms with Crippen LogP contribution in [0.5, 0.6) is 0 Å². The molecule has 0 atom stereocenters. The lowest BCUT2D eigenvalue weighted by molar-refractivity contribution is -0.132. The zero-order valence-corrected chi connectivity index (χ0v) is 7.43. The number of carboxylic acids is 1. The molecule has 1 N–H and O–H groups in total. The predicted molar refractivity (Wildman–Crippen MR) is 45.4 cm³/mol. The van der Waals surface area contributed by atoms with Gasteiger partial charge in [0.2, 0.25) is 0 Å². The van der Waals surface area contributed by atoms with E-state index < -0.39 is 5.97 Å². The third-order valence-electron chi connectivity index (χ3n) is 1.20. The summed E-state index contributed by atoms with van der Waals surface area (Å²) >= 11 is 0. The maximum atomic E-state index is 10.6. The number of hydrogen-bond acceptors (Lipinski definition) is 1. The molecule has 0 radical (unpaired) electrons. The largest absolute Gasteiger partial charge is 0.478 e. The highest BCUT2D eigenvalue weighted by atomic mass is 16.4. The van der Waals surface area contributed by atoms with Gasteiger partial charge in [0.05, 0.1) is 5.57 Å². The van der Waals surface area contributed by atoms with E-state index in [0.717, 1.165) is 11.1 Å². The Morgan fingerprint density at radius 1 is 1.18 bits per heavy atom. The van der Waals surface area contributed by atoms with Gasteiger partial charge in [0.25, 0.3) is 0 Å². The standard InChI is InChI=1S/C9H14O2/c1-6(2)5-8(7(3)4)9(10)11/h5H,1-4H3,(H,10,11). The van der Waals surface area contributed by atoms with Crippen molar-refractivity contribution in [3.8, 4) is 0 Å². The molecule has 0 spiro atoms. The van der Waals surface area contributed by atoms with Crippen molar-refractivity contribution in [1.82, 2.24) is 0 Å². The molecule has 0 unspecified atom stereocenters. The normalized spacial score (nSPS) is 8.73. The van der Waals surface area contributed by atoms with Gasteiger partial charge in [0.15, 0.2) is 0 Å². The predicted octanol–water partition coefficient (Wildman–Crippen LogP) is 2.37. The summed E-state index contributed by atoms with van der Waals surface area (Å²) in [7, 11) is 0. The van der Waals surface area contributed by atoms with Gasteiger partial charge in [0, 0.05) is 0 Å². The quantitative estimate of drug-likeness (QED) is 0.489. The summed E-state index contributed by atoms with van der Waals surface area (Å²) in [4.78, 5) is 10.6. The lowest BCUT2D eigenvalue weighted by Gasteiger charge is -1.98. The Hall–Kier alpha value is -1.05. The molecule has 2 heteroatoms. The van der Waals surface area contributed by atoms with Crippen LogP contribution in [0, 0.1) is 0 Å². The fourth-order valence-corrected chi connectivity index (χ4v) is 0.709. The minimum absolute atomic E-state index is 0.394. The van der Waals surface area contributed by atoms with Crippen molar-refractivity contribution in [2.24, 2.45) is 0 Å². The number of carbonyl (C=O) groups is 1. The number of rotatable bonds is 2. The minimum atomic E-state index is -0.855. The van der Waals surface area contributed by atoms with E-state index in [0.29, 0.717) is 5.57 Å². The molecule has 0 aliphatic carbocycles. The van der Waals surface area contributed by atoms with Gasteiger partial charge in [-0.25, -0.2) is 4.79 Å². The number of allylic oxidation sites excluding steroid dienone is 2. The van der Waals surface area contributed by atoms with E-state index in [-0.39, 0.29) is 0 Å². The van der Waals surface area contributed by atoms with Gasteiger partial charge < -0.3 is 5.11 Å². The van der Waals surface area contributed by atoms with Gasteiger partial charge in [-0.05, 0) is 33.8 Å². The lowest BCUT2D eigenvalue weighted by Crippen LogP contribution is -1.99. The minimum Gasteiger partial charge on any atom is -0.478 e. The van der Waals surface area contributed by atoms with Gasteiger partial charge in [-0.2, -0.15) is 0 Å². The first-order valence-corrected chi connectivity index (χ1v) is 3.51.